The molecule has 1 aromatic rings. The highest BCUT2D eigenvalue weighted by Gasteiger charge is 2.34. The van der Waals surface area contributed by atoms with Gasteiger partial charge in [-0.15, -0.1) is 0 Å². The van der Waals surface area contributed by atoms with Crippen molar-refractivity contribution in [2.45, 2.75) is 39.1 Å². The number of hydrogen-bond donors (Lipinski definition) is 2. The highest BCUT2D eigenvalue weighted by molar-refractivity contribution is 5.27. The molecule has 0 aliphatic heterocycles. The lowest BCUT2D eigenvalue weighted by Crippen LogP contribution is -2.44. The Balaban J connectivity index is 3.07. The fourth-order valence-electron chi connectivity index (χ4n) is 2.23. The second-order valence-electron chi connectivity index (χ2n) is 5.79. The summed E-state index contributed by atoms with van der Waals surface area (Å²) in [6.45, 7) is 5.95. The van der Waals surface area contributed by atoms with Crippen LogP contribution in [0.15, 0.2) is 24.3 Å². The number of alkyl halides is 3. The van der Waals surface area contributed by atoms with Crippen LogP contribution in [-0.4, -0.2) is 13.2 Å². The molecule has 2 unspecified atom stereocenters. The number of halogens is 3. The van der Waals surface area contributed by atoms with Crippen LogP contribution >= 0.6 is 0 Å². The quantitative estimate of drug-likeness (QED) is 0.661. The minimum Gasteiger partial charge on any atom is -0.379 e. The van der Waals surface area contributed by atoms with E-state index in [4.69, 9.17) is 10.6 Å². The third kappa shape index (κ3) is 3.94. The first-order valence-corrected chi connectivity index (χ1v) is 6.27. The van der Waals surface area contributed by atoms with Gasteiger partial charge in [0.25, 0.3) is 0 Å². The second-order valence-corrected chi connectivity index (χ2v) is 5.79. The Morgan fingerprint density at radius 1 is 1.10 bits per heavy atom. The topological polar surface area (TPSA) is 47.3 Å². The number of methoxy groups -OCH3 is 1. The van der Waals surface area contributed by atoms with Crippen molar-refractivity contribution >= 4 is 0 Å². The van der Waals surface area contributed by atoms with Gasteiger partial charge in [0.15, 0.2) is 0 Å². The zero-order chi connectivity index (χ0) is 15.6. The second kappa shape index (κ2) is 6.11. The van der Waals surface area contributed by atoms with E-state index in [1.54, 1.807) is 7.11 Å². The van der Waals surface area contributed by atoms with E-state index < -0.39 is 11.7 Å². The van der Waals surface area contributed by atoms with Crippen molar-refractivity contribution in [1.82, 2.24) is 5.43 Å². The molecule has 0 amide bonds. The van der Waals surface area contributed by atoms with E-state index >= 15 is 0 Å². The number of hydrazine groups is 1. The van der Waals surface area contributed by atoms with Crippen molar-refractivity contribution in [3.05, 3.63) is 35.4 Å². The summed E-state index contributed by atoms with van der Waals surface area (Å²) in [5, 5.41) is 0. The fraction of sp³-hybridized carbons (Fsp3) is 0.571. The molecule has 2 atom stereocenters. The van der Waals surface area contributed by atoms with E-state index in [1.165, 1.54) is 12.1 Å². The molecule has 0 aromatic heterocycles. The molecule has 0 fully saturated rings. The number of ether oxygens (including phenoxy) is 1. The summed E-state index contributed by atoms with van der Waals surface area (Å²) in [6, 6.07) is 4.56. The van der Waals surface area contributed by atoms with Crippen LogP contribution in [0.1, 0.15) is 37.9 Å². The largest absolute Gasteiger partial charge is 0.416 e. The van der Waals surface area contributed by atoms with Crippen molar-refractivity contribution in [1.29, 1.82) is 0 Å². The van der Waals surface area contributed by atoms with Gasteiger partial charge in [-0.1, -0.05) is 32.9 Å². The van der Waals surface area contributed by atoms with Gasteiger partial charge in [-0.2, -0.15) is 13.2 Å². The Morgan fingerprint density at radius 2 is 1.60 bits per heavy atom. The van der Waals surface area contributed by atoms with Crippen molar-refractivity contribution in [3.63, 3.8) is 0 Å². The standard InChI is InChI=1S/C14H21F3N2O/c1-13(2,3)12(20-4)11(19-18)9-5-7-10(8-6-9)14(15,16)17/h5-8,11-12,19H,18H2,1-4H3. The molecule has 0 bridgehead atoms. The van der Waals surface area contributed by atoms with Gasteiger partial charge in [0.05, 0.1) is 17.7 Å². The zero-order valence-electron chi connectivity index (χ0n) is 12.1. The molecule has 0 spiro atoms. The van der Waals surface area contributed by atoms with Crippen LogP contribution in [0.5, 0.6) is 0 Å². The molecule has 0 heterocycles. The number of nitrogens with two attached hydrogens (primary N) is 1. The number of rotatable bonds is 4. The maximum Gasteiger partial charge on any atom is 0.416 e. The van der Waals surface area contributed by atoms with Crippen molar-refractivity contribution in [2.24, 2.45) is 11.3 Å². The lowest BCUT2D eigenvalue weighted by Gasteiger charge is -2.35. The molecular formula is C14H21F3N2O. The first-order chi connectivity index (χ1) is 9.11. The van der Waals surface area contributed by atoms with Gasteiger partial charge in [0.1, 0.15) is 0 Å². The molecule has 3 N–H and O–H groups in total. The van der Waals surface area contributed by atoms with Crippen LogP contribution in [0.3, 0.4) is 0 Å². The molecule has 20 heavy (non-hydrogen) atoms. The first kappa shape index (κ1) is 16.9. The van der Waals surface area contributed by atoms with Gasteiger partial charge < -0.3 is 4.74 Å². The van der Waals surface area contributed by atoms with Gasteiger partial charge in [0.2, 0.25) is 0 Å². The van der Waals surface area contributed by atoms with E-state index in [0.29, 0.717) is 5.56 Å². The molecule has 3 nitrogen and oxygen atoms in total. The zero-order valence-corrected chi connectivity index (χ0v) is 12.1. The van der Waals surface area contributed by atoms with E-state index in [1.807, 2.05) is 20.8 Å². The molecule has 0 saturated heterocycles. The van der Waals surface area contributed by atoms with Gasteiger partial charge in [-0.3, -0.25) is 11.3 Å². The third-order valence-electron chi connectivity index (χ3n) is 3.19. The van der Waals surface area contributed by atoms with Crippen molar-refractivity contribution in [2.75, 3.05) is 7.11 Å². The highest BCUT2D eigenvalue weighted by Crippen LogP contribution is 2.34. The molecule has 1 rings (SSSR count). The molecule has 1 aromatic carbocycles. The van der Waals surface area contributed by atoms with Gasteiger partial charge in [0, 0.05) is 7.11 Å². The summed E-state index contributed by atoms with van der Waals surface area (Å²) in [5.41, 5.74) is 2.39. The first-order valence-electron chi connectivity index (χ1n) is 6.27. The molecule has 0 saturated carbocycles. The van der Waals surface area contributed by atoms with Gasteiger partial charge in [-0.25, -0.2) is 0 Å². The Morgan fingerprint density at radius 3 is 1.90 bits per heavy atom. The Bertz CT molecular complexity index is 424. The van der Waals surface area contributed by atoms with Crippen LogP contribution in [0.4, 0.5) is 13.2 Å². The highest BCUT2D eigenvalue weighted by atomic mass is 19.4. The maximum atomic E-state index is 12.6. The molecule has 0 aliphatic rings. The summed E-state index contributed by atoms with van der Waals surface area (Å²) < 4.78 is 43.1. The minimum atomic E-state index is -4.34. The normalized spacial score (nSPS) is 16.0. The summed E-state index contributed by atoms with van der Waals surface area (Å²) >= 11 is 0. The molecule has 114 valence electrons. The molecular weight excluding hydrogens is 269 g/mol. The fourth-order valence-corrected chi connectivity index (χ4v) is 2.23. The van der Waals surface area contributed by atoms with Crippen LogP contribution in [0, 0.1) is 5.41 Å². The molecule has 0 aliphatic carbocycles. The predicted octanol–water partition coefficient (Wildman–Crippen LogP) is 3.27. The minimum absolute atomic E-state index is 0.214. The number of nitrogens with one attached hydrogen (secondary N) is 1. The lowest BCUT2D eigenvalue weighted by molar-refractivity contribution is -0.137. The average molecular weight is 290 g/mol. The SMILES string of the molecule is COC(C(NN)c1ccc(C(F)(F)F)cc1)C(C)(C)C. The number of hydrogen-bond acceptors (Lipinski definition) is 3. The Labute approximate surface area is 117 Å². The van der Waals surface area contributed by atoms with Crippen molar-refractivity contribution in [3.8, 4) is 0 Å². The lowest BCUT2D eigenvalue weighted by atomic mass is 9.82. The average Bonchev–Trinajstić information content (AvgIpc) is 2.33. The van der Waals surface area contributed by atoms with Gasteiger partial charge in [-0.05, 0) is 23.1 Å². The predicted molar refractivity (Wildman–Crippen MR) is 71.8 cm³/mol. The maximum absolute atomic E-state index is 12.6. The number of benzene rings is 1. The smallest absolute Gasteiger partial charge is 0.379 e. The summed E-state index contributed by atoms with van der Waals surface area (Å²) in [5.74, 6) is 5.55. The van der Waals surface area contributed by atoms with E-state index in [0.717, 1.165) is 12.1 Å². The van der Waals surface area contributed by atoms with Gasteiger partial charge >= 0.3 is 6.18 Å². The summed E-state index contributed by atoms with van der Waals surface area (Å²) in [7, 11) is 1.56. The Hall–Kier alpha value is -1.11. The van der Waals surface area contributed by atoms with E-state index in [9.17, 15) is 13.2 Å². The summed E-state index contributed by atoms with van der Waals surface area (Å²) in [6.07, 6.45) is -4.61. The van der Waals surface area contributed by atoms with Crippen LogP contribution in [-0.2, 0) is 10.9 Å². The van der Waals surface area contributed by atoms with Crippen LogP contribution < -0.4 is 11.3 Å². The molecule has 6 heteroatoms. The summed E-state index contributed by atoms with van der Waals surface area (Å²) in [4.78, 5) is 0. The monoisotopic (exact) mass is 290 g/mol. The third-order valence-corrected chi connectivity index (χ3v) is 3.19. The molecule has 0 radical (unpaired) electrons. The van der Waals surface area contributed by atoms with Crippen molar-refractivity contribution < 1.29 is 17.9 Å². The Kier molecular flexibility index (Phi) is 5.18. The van der Waals surface area contributed by atoms with Crippen LogP contribution in [0.25, 0.3) is 0 Å². The van der Waals surface area contributed by atoms with Crippen LogP contribution in [0.2, 0.25) is 0 Å². The van der Waals surface area contributed by atoms with E-state index in [2.05, 4.69) is 5.43 Å². The van der Waals surface area contributed by atoms with E-state index in [-0.39, 0.29) is 17.6 Å².